The van der Waals surface area contributed by atoms with Gasteiger partial charge in [0, 0.05) is 10.0 Å². The van der Waals surface area contributed by atoms with Crippen LogP contribution in [-0.2, 0) is 6.61 Å². The Morgan fingerprint density at radius 1 is 1.47 bits per heavy atom. The second kappa shape index (κ2) is 6.18. The first-order chi connectivity index (χ1) is 9.11. The molecular weight excluding hydrogens is 328 g/mol. The molecule has 0 saturated heterocycles. The number of aryl methyl sites for hydroxylation is 1. The fraction of sp³-hybridized carbons (Fsp3) is 0.154. The SMILES string of the molecule is Cc1cc(OCc2ccsc2C(=O)NN)ccc1Br. The van der Waals surface area contributed by atoms with Crippen LogP contribution >= 0.6 is 27.3 Å². The summed E-state index contributed by atoms with van der Waals surface area (Å²) >= 11 is 4.78. The van der Waals surface area contributed by atoms with E-state index in [-0.39, 0.29) is 5.91 Å². The van der Waals surface area contributed by atoms with Crippen LogP contribution in [0.4, 0.5) is 0 Å². The lowest BCUT2D eigenvalue weighted by molar-refractivity contribution is 0.0955. The normalized spacial score (nSPS) is 10.3. The monoisotopic (exact) mass is 340 g/mol. The highest BCUT2D eigenvalue weighted by molar-refractivity contribution is 9.10. The number of ether oxygens (including phenoxy) is 1. The molecule has 0 aliphatic rings. The minimum atomic E-state index is -0.291. The number of carbonyl (C=O) groups excluding carboxylic acids is 1. The maximum atomic E-state index is 11.5. The molecule has 0 aliphatic carbocycles. The number of nitrogen functional groups attached to an aromatic ring is 1. The summed E-state index contributed by atoms with van der Waals surface area (Å²) < 4.78 is 6.73. The van der Waals surface area contributed by atoms with Crippen molar-refractivity contribution in [1.29, 1.82) is 0 Å². The van der Waals surface area contributed by atoms with Crippen molar-refractivity contribution in [3.8, 4) is 5.75 Å². The van der Waals surface area contributed by atoms with Crippen LogP contribution < -0.4 is 16.0 Å². The van der Waals surface area contributed by atoms with Crippen LogP contribution in [0, 0.1) is 6.92 Å². The van der Waals surface area contributed by atoms with Gasteiger partial charge in [-0.3, -0.25) is 10.2 Å². The summed E-state index contributed by atoms with van der Waals surface area (Å²) in [6, 6.07) is 7.62. The molecule has 3 N–H and O–H groups in total. The van der Waals surface area contributed by atoms with Gasteiger partial charge in [-0.25, -0.2) is 5.84 Å². The van der Waals surface area contributed by atoms with Gasteiger partial charge in [0.2, 0.25) is 0 Å². The number of rotatable bonds is 4. The zero-order chi connectivity index (χ0) is 13.8. The lowest BCUT2D eigenvalue weighted by Gasteiger charge is -2.08. The van der Waals surface area contributed by atoms with Crippen molar-refractivity contribution < 1.29 is 9.53 Å². The minimum Gasteiger partial charge on any atom is -0.489 e. The van der Waals surface area contributed by atoms with E-state index in [4.69, 9.17) is 10.6 Å². The summed E-state index contributed by atoms with van der Waals surface area (Å²) in [6.45, 7) is 2.34. The van der Waals surface area contributed by atoms with Gasteiger partial charge in [0.15, 0.2) is 0 Å². The van der Waals surface area contributed by atoms with Gasteiger partial charge >= 0.3 is 0 Å². The predicted octanol–water partition coefficient (Wildman–Crippen LogP) is 3.00. The van der Waals surface area contributed by atoms with E-state index in [1.54, 1.807) is 0 Å². The van der Waals surface area contributed by atoms with E-state index in [2.05, 4.69) is 21.4 Å². The molecule has 0 spiro atoms. The van der Waals surface area contributed by atoms with E-state index in [1.165, 1.54) is 11.3 Å². The molecule has 100 valence electrons. The molecule has 1 amide bonds. The van der Waals surface area contributed by atoms with Gasteiger partial charge < -0.3 is 4.74 Å². The molecule has 0 saturated carbocycles. The first-order valence-corrected chi connectivity index (χ1v) is 7.25. The molecule has 2 aromatic rings. The number of nitrogens with two attached hydrogens (primary N) is 1. The van der Waals surface area contributed by atoms with Crippen LogP contribution in [0.5, 0.6) is 5.75 Å². The Labute approximate surface area is 123 Å². The molecular formula is C13H13BrN2O2S. The number of thiophene rings is 1. The van der Waals surface area contributed by atoms with Crippen molar-refractivity contribution in [1.82, 2.24) is 5.43 Å². The van der Waals surface area contributed by atoms with Crippen LogP contribution in [-0.4, -0.2) is 5.91 Å². The Kier molecular flexibility index (Phi) is 4.57. The number of carbonyl (C=O) groups is 1. The maximum Gasteiger partial charge on any atom is 0.275 e. The second-order valence-electron chi connectivity index (χ2n) is 3.95. The Morgan fingerprint density at radius 3 is 2.95 bits per heavy atom. The summed E-state index contributed by atoms with van der Waals surface area (Å²) in [5.41, 5.74) is 4.06. The molecule has 19 heavy (non-hydrogen) atoms. The van der Waals surface area contributed by atoms with E-state index < -0.39 is 0 Å². The van der Waals surface area contributed by atoms with Crippen molar-refractivity contribution >= 4 is 33.2 Å². The fourth-order valence-corrected chi connectivity index (χ4v) is 2.64. The molecule has 1 aromatic carbocycles. The number of hydrogen-bond donors (Lipinski definition) is 2. The molecule has 1 heterocycles. The summed E-state index contributed by atoms with van der Waals surface area (Å²) in [5.74, 6) is 5.62. The van der Waals surface area contributed by atoms with E-state index in [0.29, 0.717) is 11.5 Å². The van der Waals surface area contributed by atoms with Crippen LogP contribution in [0.15, 0.2) is 34.1 Å². The van der Waals surface area contributed by atoms with Gasteiger partial charge in [-0.2, -0.15) is 0 Å². The van der Waals surface area contributed by atoms with Gasteiger partial charge in [-0.05, 0) is 42.1 Å². The summed E-state index contributed by atoms with van der Waals surface area (Å²) in [5, 5.41) is 1.84. The van der Waals surface area contributed by atoms with E-state index in [0.717, 1.165) is 21.3 Å². The third kappa shape index (κ3) is 3.34. The summed E-state index contributed by atoms with van der Waals surface area (Å²) in [6.07, 6.45) is 0. The topological polar surface area (TPSA) is 64.3 Å². The molecule has 2 rings (SSSR count). The largest absolute Gasteiger partial charge is 0.489 e. The van der Waals surface area contributed by atoms with Crippen LogP contribution in [0.3, 0.4) is 0 Å². The highest BCUT2D eigenvalue weighted by Gasteiger charge is 2.12. The quantitative estimate of drug-likeness (QED) is 0.510. The van der Waals surface area contributed by atoms with Crippen molar-refractivity contribution in [3.05, 3.63) is 50.1 Å². The number of hydrazine groups is 1. The van der Waals surface area contributed by atoms with Gasteiger partial charge in [0.1, 0.15) is 12.4 Å². The lowest BCUT2D eigenvalue weighted by atomic mass is 10.2. The molecule has 0 unspecified atom stereocenters. The smallest absolute Gasteiger partial charge is 0.275 e. The Balaban J connectivity index is 2.08. The number of amides is 1. The average molecular weight is 341 g/mol. The van der Waals surface area contributed by atoms with Gasteiger partial charge in [-0.15, -0.1) is 11.3 Å². The molecule has 0 aliphatic heterocycles. The van der Waals surface area contributed by atoms with Crippen molar-refractivity contribution in [2.45, 2.75) is 13.5 Å². The molecule has 6 heteroatoms. The highest BCUT2D eigenvalue weighted by atomic mass is 79.9. The molecule has 1 aromatic heterocycles. The maximum absolute atomic E-state index is 11.5. The third-order valence-corrected chi connectivity index (χ3v) is 4.45. The average Bonchev–Trinajstić information content (AvgIpc) is 2.87. The van der Waals surface area contributed by atoms with Crippen molar-refractivity contribution in [3.63, 3.8) is 0 Å². The zero-order valence-electron chi connectivity index (χ0n) is 10.3. The standard InChI is InChI=1S/C13H13BrN2O2S/c1-8-6-10(2-3-11(8)14)18-7-9-4-5-19-12(9)13(17)16-15/h2-6H,7,15H2,1H3,(H,16,17). The lowest BCUT2D eigenvalue weighted by Crippen LogP contribution is -2.30. The Hall–Kier alpha value is -1.37. The Bertz CT molecular complexity index is 598. The van der Waals surface area contributed by atoms with Gasteiger partial charge in [-0.1, -0.05) is 15.9 Å². The molecule has 4 nitrogen and oxygen atoms in total. The van der Waals surface area contributed by atoms with Crippen molar-refractivity contribution in [2.24, 2.45) is 5.84 Å². The predicted molar refractivity (Wildman–Crippen MR) is 79.2 cm³/mol. The third-order valence-electron chi connectivity index (χ3n) is 2.61. The summed E-state index contributed by atoms with van der Waals surface area (Å²) in [7, 11) is 0. The van der Waals surface area contributed by atoms with Crippen molar-refractivity contribution in [2.75, 3.05) is 0 Å². The molecule has 0 fully saturated rings. The summed E-state index contributed by atoms with van der Waals surface area (Å²) in [4.78, 5) is 12.1. The van der Waals surface area contributed by atoms with Crippen LogP contribution in [0.25, 0.3) is 0 Å². The van der Waals surface area contributed by atoms with Crippen LogP contribution in [0.1, 0.15) is 20.8 Å². The Morgan fingerprint density at radius 2 is 2.26 bits per heavy atom. The molecule has 0 radical (unpaired) electrons. The highest BCUT2D eigenvalue weighted by Crippen LogP contribution is 2.23. The number of hydrogen-bond acceptors (Lipinski definition) is 4. The van der Waals surface area contributed by atoms with E-state index in [9.17, 15) is 4.79 Å². The zero-order valence-corrected chi connectivity index (χ0v) is 12.7. The molecule has 0 atom stereocenters. The first-order valence-electron chi connectivity index (χ1n) is 5.58. The van der Waals surface area contributed by atoms with E-state index >= 15 is 0 Å². The number of nitrogens with one attached hydrogen (secondary N) is 1. The van der Waals surface area contributed by atoms with E-state index in [1.807, 2.05) is 36.6 Å². The van der Waals surface area contributed by atoms with Gasteiger partial charge in [0.25, 0.3) is 5.91 Å². The number of halogens is 1. The number of benzene rings is 1. The first kappa shape index (κ1) is 14.0. The second-order valence-corrected chi connectivity index (χ2v) is 5.72. The molecule has 0 bridgehead atoms. The minimum absolute atomic E-state index is 0.291. The van der Waals surface area contributed by atoms with Gasteiger partial charge in [0.05, 0.1) is 4.88 Å². The fourth-order valence-electron chi connectivity index (χ4n) is 1.58. The van der Waals surface area contributed by atoms with Crippen LogP contribution in [0.2, 0.25) is 0 Å².